The predicted molar refractivity (Wildman–Crippen MR) is 66.6 cm³/mol. The normalized spacial score (nSPS) is 18.6. The van der Waals surface area contributed by atoms with Crippen molar-refractivity contribution in [1.29, 1.82) is 0 Å². The zero-order valence-corrected chi connectivity index (χ0v) is 11.1. The Labute approximate surface area is 103 Å². The number of amides is 3. The van der Waals surface area contributed by atoms with Gasteiger partial charge in [-0.05, 0) is 31.1 Å². The minimum absolute atomic E-state index is 0.288. The van der Waals surface area contributed by atoms with Crippen LogP contribution in [0.1, 0.15) is 33.6 Å². The second-order valence-corrected chi connectivity index (χ2v) is 5.19. The van der Waals surface area contributed by atoms with E-state index >= 15 is 0 Å². The Balaban J connectivity index is 2.32. The van der Waals surface area contributed by atoms with Crippen LogP contribution in [-0.2, 0) is 4.79 Å². The number of nitrogens with one attached hydrogen (secondary N) is 3. The highest BCUT2D eigenvalue weighted by Crippen LogP contribution is 2.51. The lowest BCUT2D eigenvalue weighted by atomic mass is 9.92. The van der Waals surface area contributed by atoms with Gasteiger partial charge in [0.1, 0.15) is 0 Å². The van der Waals surface area contributed by atoms with Crippen molar-refractivity contribution in [2.45, 2.75) is 39.7 Å². The van der Waals surface area contributed by atoms with Crippen molar-refractivity contribution in [2.75, 3.05) is 13.6 Å². The molecule has 1 rings (SSSR count). The molecule has 1 atom stereocenters. The molecule has 1 aliphatic carbocycles. The van der Waals surface area contributed by atoms with Crippen molar-refractivity contribution in [3.8, 4) is 0 Å². The second kappa shape index (κ2) is 5.49. The highest BCUT2D eigenvalue weighted by Gasteiger charge is 2.45. The summed E-state index contributed by atoms with van der Waals surface area (Å²) >= 11 is 0. The zero-order chi connectivity index (χ0) is 13.1. The molecule has 1 fully saturated rings. The van der Waals surface area contributed by atoms with Gasteiger partial charge >= 0.3 is 6.03 Å². The maximum absolute atomic E-state index is 11.6. The first kappa shape index (κ1) is 14.0. The monoisotopic (exact) mass is 241 g/mol. The third kappa shape index (κ3) is 3.70. The molecule has 0 saturated heterocycles. The molecule has 0 bridgehead atoms. The summed E-state index contributed by atoms with van der Waals surface area (Å²) in [7, 11) is 1.48. The van der Waals surface area contributed by atoms with Crippen LogP contribution in [-0.4, -0.2) is 31.6 Å². The summed E-state index contributed by atoms with van der Waals surface area (Å²) in [6, 6.07) is -0.808. The van der Waals surface area contributed by atoms with Crippen LogP contribution in [0.15, 0.2) is 0 Å². The third-order valence-electron chi connectivity index (χ3n) is 3.73. The summed E-state index contributed by atoms with van der Waals surface area (Å²) in [6.07, 6.45) is 2.45. The van der Waals surface area contributed by atoms with Gasteiger partial charge in [0.15, 0.2) is 0 Å². The number of hydrogen-bond donors (Lipinski definition) is 3. The van der Waals surface area contributed by atoms with Crippen LogP contribution in [0.4, 0.5) is 4.79 Å². The first-order valence-electron chi connectivity index (χ1n) is 6.17. The van der Waals surface area contributed by atoms with Gasteiger partial charge in [-0.25, -0.2) is 4.79 Å². The molecule has 5 heteroatoms. The van der Waals surface area contributed by atoms with Gasteiger partial charge in [-0.3, -0.25) is 10.1 Å². The summed E-state index contributed by atoms with van der Waals surface area (Å²) in [4.78, 5) is 22.6. The second-order valence-electron chi connectivity index (χ2n) is 5.19. The fraction of sp³-hybridized carbons (Fsp3) is 0.833. The van der Waals surface area contributed by atoms with Crippen LogP contribution in [0.2, 0.25) is 0 Å². The van der Waals surface area contributed by atoms with Crippen LogP contribution in [0.3, 0.4) is 0 Å². The van der Waals surface area contributed by atoms with Gasteiger partial charge in [0.05, 0.1) is 6.04 Å². The van der Waals surface area contributed by atoms with Gasteiger partial charge < -0.3 is 10.6 Å². The molecule has 1 saturated carbocycles. The van der Waals surface area contributed by atoms with E-state index in [1.165, 1.54) is 19.9 Å². The summed E-state index contributed by atoms with van der Waals surface area (Å²) < 4.78 is 0. The van der Waals surface area contributed by atoms with E-state index in [9.17, 15) is 9.59 Å². The molecule has 5 nitrogen and oxygen atoms in total. The number of imide groups is 1. The number of hydrogen-bond acceptors (Lipinski definition) is 3. The van der Waals surface area contributed by atoms with Crippen LogP contribution in [0.5, 0.6) is 0 Å². The maximum atomic E-state index is 11.6. The Morgan fingerprint density at radius 3 is 2.24 bits per heavy atom. The Hall–Kier alpha value is -1.10. The van der Waals surface area contributed by atoms with Crippen LogP contribution < -0.4 is 16.0 Å². The van der Waals surface area contributed by atoms with E-state index in [-0.39, 0.29) is 11.9 Å². The lowest BCUT2D eigenvalue weighted by Gasteiger charge is -2.22. The maximum Gasteiger partial charge on any atom is 0.321 e. The van der Waals surface area contributed by atoms with Gasteiger partial charge in [0.25, 0.3) is 0 Å². The molecule has 1 aliphatic rings. The SMILES string of the molecule is CNC(=O)NC(=O)C(C)NCC1(C(C)C)CC1. The summed E-state index contributed by atoms with van der Waals surface area (Å²) in [6.45, 7) is 7.04. The molecule has 1 unspecified atom stereocenters. The molecule has 0 aliphatic heterocycles. The molecule has 0 aromatic heterocycles. The van der Waals surface area contributed by atoms with Gasteiger partial charge in [-0.2, -0.15) is 0 Å². The van der Waals surface area contributed by atoms with Gasteiger partial charge in [0.2, 0.25) is 5.91 Å². The molecule has 3 amide bonds. The van der Waals surface area contributed by atoms with Crippen molar-refractivity contribution in [1.82, 2.24) is 16.0 Å². The minimum atomic E-state index is -0.464. The number of carbonyl (C=O) groups is 2. The van der Waals surface area contributed by atoms with Crippen molar-refractivity contribution >= 4 is 11.9 Å². The van der Waals surface area contributed by atoms with Crippen LogP contribution in [0.25, 0.3) is 0 Å². The van der Waals surface area contributed by atoms with Crippen molar-refractivity contribution in [2.24, 2.45) is 11.3 Å². The smallest absolute Gasteiger partial charge is 0.321 e. The molecule has 0 aromatic rings. The van der Waals surface area contributed by atoms with Gasteiger partial charge in [-0.1, -0.05) is 13.8 Å². The first-order valence-corrected chi connectivity index (χ1v) is 6.17. The predicted octanol–water partition coefficient (Wildman–Crippen LogP) is 0.856. The largest absolute Gasteiger partial charge is 0.341 e. The van der Waals surface area contributed by atoms with Crippen molar-refractivity contribution in [3.05, 3.63) is 0 Å². The molecule has 0 heterocycles. The van der Waals surface area contributed by atoms with Gasteiger partial charge in [-0.15, -0.1) is 0 Å². The van der Waals surface area contributed by atoms with E-state index in [0.717, 1.165) is 6.54 Å². The molecular weight excluding hydrogens is 218 g/mol. The average molecular weight is 241 g/mol. The van der Waals surface area contributed by atoms with E-state index in [1.807, 2.05) is 0 Å². The van der Waals surface area contributed by atoms with Gasteiger partial charge in [0, 0.05) is 13.6 Å². The lowest BCUT2D eigenvalue weighted by Crippen LogP contribution is -2.48. The van der Waals surface area contributed by atoms with Crippen molar-refractivity contribution in [3.63, 3.8) is 0 Å². The third-order valence-corrected chi connectivity index (χ3v) is 3.73. The summed E-state index contributed by atoms with van der Waals surface area (Å²) in [5.41, 5.74) is 0.363. The quantitative estimate of drug-likeness (QED) is 0.668. The average Bonchev–Trinajstić information content (AvgIpc) is 3.06. The molecule has 0 radical (unpaired) electrons. The van der Waals surface area contributed by atoms with E-state index in [0.29, 0.717) is 11.3 Å². The van der Waals surface area contributed by atoms with Crippen LogP contribution in [0, 0.1) is 11.3 Å². The summed E-state index contributed by atoms with van der Waals surface area (Å²) in [5, 5.41) is 7.82. The Morgan fingerprint density at radius 1 is 1.24 bits per heavy atom. The topological polar surface area (TPSA) is 70.2 Å². The minimum Gasteiger partial charge on any atom is -0.341 e. The first-order chi connectivity index (χ1) is 7.91. The van der Waals surface area contributed by atoms with E-state index in [4.69, 9.17) is 0 Å². The lowest BCUT2D eigenvalue weighted by molar-refractivity contribution is -0.121. The highest BCUT2D eigenvalue weighted by molar-refractivity contribution is 5.96. The standard InChI is InChI=1S/C12H23N3O2/c1-8(2)12(5-6-12)7-14-9(3)10(16)15-11(17)13-4/h8-9,14H,5-7H2,1-4H3,(H2,13,15,16,17). The number of carbonyl (C=O) groups excluding carboxylic acids is 2. The molecule has 0 aromatic carbocycles. The van der Waals surface area contributed by atoms with Crippen molar-refractivity contribution < 1.29 is 9.59 Å². The van der Waals surface area contributed by atoms with E-state index < -0.39 is 6.03 Å². The van der Waals surface area contributed by atoms with Crippen LogP contribution >= 0.6 is 0 Å². The Morgan fingerprint density at radius 2 is 1.82 bits per heavy atom. The van der Waals surface area contributed by atoms with E-state index in [2.05, 4.69) is 29.8 Å². The Bertz CT molecular complexity index is 298. The zero-order valence-electron chi connectivity index (χ0n) is 11.1. The fourth-order valence-electron chi connectivity index (χ4n) is 1.85. The highest BCUT2D eigenvalue weighted by atomic mass is 16.2. The molecule has 17 heavy (non-hydrogen) atoms. The molecule has 0 spiro atoms. The number of urea groups is 1. The summed E-state index contributed by atoms with van der Waals surface area (Å²) in [5.74, 6) is 0.341. The molecule has 3 N–H and O–H groups in total. The Kier molecular flexibility index (Phi) is 4.51. The number of rotatable bonds is 5. The fourth-order valence-corrected chi connectivity index (χ4v) is 1.85. The van der Waals surface area contributed by atoms with E-state index in [1.54, 1.807) is 6.92 Å². The molecule has 98 valence electrons. The molecular formula is C12H23N3O2.